The third kappa shape index (κ3) is 3.12. The van der Waals surface area contributed by atoms with E-state index < -0.39 is 6.04 Å². The summed E-state index contributed by atoms with van der Waals surface area (Å²) in [7, 11) is 1.56. The van der Waals surface area contributed by atoms with Crippen LogP contribution in [0, 0.1) is 0 Å². The molecule has 0 radical (unpaired) electrons. The predicted molar refractivity (Wildman–Crippen MR) is 71.9 cm³/mol. The van der Waals surface area contributed by atoms with Crippen molar-refractivity contribution in [3.8, 4) is 0 Å². The van der Waals surface area contributed by atoms with Gasteiger partial charge in [0.2, 0.25) is 5.91 Å². The molecular formula is C13H16N4O3. The third-order valence-corrected chi connectivity index (χ3v) is 2.90. The van der Waals surface area contributed by atoms with Gasteiger partial charge in [0, 0.05) is 7.05 Å². The van der Waals surface area contributed by atoms with E-state index in [1.54, 1.807) is 7.05 Å². The van der Waals surface area contributed by atoms with Crippen molar-refractivity contribution in [1.82, 2.24) is 19.7 Å². The molecule has 1 heterocycles. The number of hydrogen-bond donors (Lipinski definition) is 2. The van der Waals surface area contributed by atoms with Crippen LogP contribution in [0.15, 0.2) is 41.5 Å². The first-order valence-electron chi connectivity index (χ1n) is 6.15. The van der Waals surface area contributed by atoms with Crippen LogP contribution in [0.25, 0.3) is 0 Å². The van der Waals surface area contributed by atoms with E-state index in [1.165, 1.54) is 10.9 Å². The number of nitrogens with one attached hydrogen (secondary N) is 1. The summed E-state index contributed by atoms with van der Waals surface area (Å²) in [6.07, 6.45) is 1.34. The fourth-order valence-corrected chi connectivity index (χ4v) is 1.82. The van der Waals surface area contributed by atoms with Crippen molar-refractivity contribution < 1.29 is 9.90 Å². The van der Waals surface area contributed by atoms with Crippen LogP contribution >= 0.6 is 0 Å². The maximum atomic E-state index is 11.9. The fourth-order valence-electron chi connectivity index (χ4n) is 1.82. The lowest BCUT2D eigenvalue weighted by molar-refractivity contribution is -0.123. The van der Waals surface area contributed by atoms with Crippen molar-refractivity contribution in [3.05, 3.63) is 52.7 Å². The van der Waals surface area contributed by atoms with Crippen LogP contribution < -0.4 is 11.0 Å². The van der Waals surface area contributed by atoms with E-state index in [2.05, 4.69) is 10.4 Å². The summed E-state index contributed by atoms with van der Waals surface area (Å²) in [6.45, 7) is -0.393. The number of aromatic nitrogens is 3. The van der Waals surface area contributed by atoms with Gasteiger partial charge in [0.1, 0.15) is 12.9 Å². The quantitative estimate of drug-likeness (QED) is 0.765. The average molecular weight is 276 g/mol. The number of rotatable bonds is 5. The number of nitrogens with zero attached hydrogens (tertiary/aromatic N) is 3. The minimum atomic E-state index is -0.497. The van der Waals surface area contributed by atoms with Crippen LogP contribution in [-0.2, 0) is 18.4 Å². The monoisotopic (exact) mass is 276 g/mol. The summed E-state index contributed by atoms with van der Waals surface area (Å²) in [5, 5.41) is 15.8. The van der Waals surface area contributed by atoms with Crippen molar-refractivity contribution >= 4 is 5.91 Å². The number of hydrogen-bond acceptors (Lipinski definition) is 4. The molecule has 2 rings (SSSR count). The van der Waals surface area contributed by atoms with E-state index in [4.69, 9.17) is 0 Å². The normalized spacial score (nSPS) is 12.1. The Hall–Kier alpha value is -2.41. The SMILES string of the molecule is Cn1cnn(CC(=O)N[C@H](CO)c2ccccc2)c1=O. The van der Waals surface area contributed by atoms with E-state index in [-0.39, 0.29) is 24.7 Å². The molecule has 7 nitrogen and oxygen atoms in total. The Labute approximate surface area is 115 Å². The van der Waals surface area contributed by atoms with E-state index in [0.29, 0.717) is 0 Å². The van der Waals surface area contributed by atoms with Gasteiger partial charge in [0.25, 0.3) is 0 Å². The van der Waals surface area contributed by atoms with Crippen LogP contribution in [-0.4, -0.2) is 32.0 Å². The minimum absolute atomic E-state index is 0.178. The molecule has 0 fully saturated rings. The van der Waals surface area contributed by atoms with E-state index >= 15 is 0 Å². The Bertz CT molecular complexity index is 633. The maximum absolute atomic E-state index is 11.9. The number of carbonyl (C=O) groups excluding carboxylic acids is 1. The van der Waals surface area contributed by atoms with Crippen molar-refractivity contribution in [2.45, 2.75) is 12.6 Å². The molecule has 2 N–H and O–H groups in total. The van der Waals surface area contributed by atoms with Gasteiger partial charge >= 0.3 is 5.69 Å². The van der Waals surface area contributed by atoms with Crippen LogP contribution in [0.4, 0.5) is 0 Å². The van der Waals surface area contributed by atoms with Gasteiger partial charge in [-0.05, 0) is 5.56 Å². The van der Waals surface area contributed by atoms with Crippen LogP contribution in [0.1, 0.15) is 11.6 Å². The van der Waals surface area contributed by atoms with Gasteiger partial charge in [-0.25, -0.2) is 9.48 Å². The summed E-state index contributed by atoms with van der Waals surface area (Å²) in [6, 6.07) is 8.64. The highest BCUT2D eigenvalue weighted by atomic mass is 16.3. The molecule has 106 valence electrons. The van der Waals surface area contributed by atoms with Gasteiger partial charge in [-0.1, -0.05) is 30.3 Å². The second-order valence-electron chi connectivity index (χ2n) is 4.40. The molecule has 0 spiro atoms. The zero-order chi connectivity index (χ0) is 14.5. The Morgan fingerprint density at radius 3 is 2.65 bits per heavy atom. The molecule has 0 saturated carbocycles. The fraction of sp³-hybridized carbons (Fsp3) is 0.308. The molecule has 1 aromatic carbocycles. The molecule has 2 aromatic rings. The Balaban J connectivity index is 2.03. The zero-order valence-electron chi connectivity index (χ0n) is 11.1. The number of aliphatic hydroxyl groups is 1. The van der Waals surface area contributed by atoms with E-state index in [0.717, 1.165) is 10.2 Å². The first kappa shape index (κ1) is 14.0. The Kier molecular flexibility index (Phi) is 4.31. The van der Waals surface area contributed by atoms with Crippen LogP contribution in [0.2, 0.25) is 0 Å². The number of amides is 1. The maximum Gasteiger partial charge on any atom is 0.345 e. The van der Waals surface area contributed by atoms with Gasteiger partial charge in [-0.2, -0.15) is 5.10 Å². The lowest BCUT2D eigenvalue weighted by Gasteiger charge is -2.16. The second kappa shape index (κ2) is 6.16. The first-order chi connectivity index (χ1) is 9.61. The summed E-state index contributed by atoms with van der Waals surface area (Å²) >= 11 is 0. The van der Waals surface area contributed by atoms with E-state index in [1.807, 2.05) is 30.3 Å². The predicted octanol–water partition coefficient (Wildman–Crippen LogP) is -0.568. The highest BCUT2D eigenvalue weighted by Crippen LogP contribution is 2.11. The standard InChI is InChI=1S/C13H16N4O3/c1-16-9-14-17(13(16)20)7-12(19)15-11(8-18)10-5-3-2-4-6-10/h2-6,9,11,18H,7-8H2,1H3,(H,15,19)/t11-/m1/s1. The van der Waals surface area contributed by atoms with Crippen molar-refractivity contribution in [3.63, 3.8) is 0 Å². The molecule has 7 heteroatoms. The number of aliphatic hydroxyl groups excluding tert-OH is 1. The molecular weight excluding hydrogens is 260 g/mol. The molecule has 0 unspecified atom stereocenters. The number of aryl methyl sites for hydroxylation is 1. The molecule has 0 aliphatic carbocycles. The molecule has 0 bridgehead atoms. The second-order valence-corrected chi connectivity index (χ2v) is 4.40. The lowest BCUT2D eigenvalue weighted by atomic mass is 10.1. The smallest absolute Gasteiger partial charge is 0.345 e. The highest BCUT2D eigenvalue weighted by Gasteiger charge is 2.14. The third-order valence-electron chi connectivity index (χ3n) is 2.90. The minimum Gasteiger partial charge on any atom is -0.394 e. The van der Waals surface area contributed by atoms with Gasteiger partial charge in [0.15, 0.2) is 0 Å². The number of carbonyl (C=O) groups is 1. The highest BCUT2D eigenvalue weighted by molar-refractivity contribution is 5.76. The lowest BCUT2D eigenvalue weighted by Crippen LogP contribution is -2.36. The zero-order valence-corrected chi connectivity index (χ0v) is 11.1. The van der Waals surface area contributed by atoms with Crippen molar-refractivity contribution in [2.75, 3.05) is 6.61 Å². The van der Waals surface area contributed by atoms with Crippen molar-refractivity contribution in [1.29, 1.82) is 0 Å². The summed E-state index contributed by atoms with van der Waals surface area (Å²) in [4.78, 5) is 23.4. The van der Waals surface area contributed by atoms with Gasteiger partial charge < -0.3 is 10.4 Å². The molecule has 0 aliphatic heterocycles. The first-order valence-corrected chi connectivity index (χ1v) is 6.15. The summed E-state index contributed by atoms with van der Waals surface area (Å²) < 4.78 is 2.35. The molecule has 1 amide bonds. The van der Waals surface area contributed by atoms with Crippen molar-refractivity contribution in [2.24, 2.45) is 7.05 Å². The summed E-state index contributed by atoms with van der Waals surface area (Å²) in [5.74, 6) is -0.381. The van der Waals surface area contributed by atoms with Crippen LogP contribution in [0.5, 0.6) is 0 Å². The molecule has 20 heavy (non-hydrogen) atoms. The molecule has 0 saturated heterocycles. The molecule has 1 atom stereocenters. The Morgan fingerprint density at radius 1 is 1.40 bits per heavy atom. The van der Waals surface area contributed by atoms with E-state index in [9.17, 15) is 14.7 Å². The van der Waals surface area contributed by atoms with Gasteiger partial charge in [0.05, 0.1) is 12.6 Å². The van der Waals surface area contributed by atoms with Crippen LogP contribution in [0.3, 0.4) is 0 Å². The summed E-state index contributed by atoms with van der Waals surface area (Å²) in [5.41, 5.74) is 0.442. The van der Waals surface area contributed by atoms with Gasteiger partial charge in [-0.3, -0.25) is 9.36 Å². The molecule has 1 aromatic heterocycles. The Morgan fingerprint density at radius 2 is 2.10 bits per heavy atom. The van der Waals surface area contributed by atoms with Gasteiger partial charge in [-0.15, -0.1) is 0 Å². The number of benzene rings is 1. The largest absolute Gasteiger partial charge is 0.394 e. The topological polar surface area (TPSA) is 89.2 Å². The average Bonchev–Trinajstić information content (AvgIpc) is 2.77. The molecule has 0 aliphatic rings.